The molecular weight excluding hydrogens is 334 g/mol. The molecule has 1 heterocycles. The number of carbonyl (C=O) groups excluding carboxylic acids is 1. The van der Waals surface area contributed by atoms with Crippen LogP contribution in [0.3, 0.4) is 0 Å². The lowest BCUT2D eigenvalue weighted by Crippen LogP contribution is -2.31. The van der Waals surface area contributed by atoms with Crippen LogP contribution in [0.15, 0.2) is 60.1 Å². The highest BCUT2D eigenvalue weighted by Crippen LogP contribution is 2.37. The predicted octanol–water partition coefficient (Wildman–Crippen LogP) is 4.81. The number of benzene rings is 2. The Hall–Kier alpha value is -2.57. The zero-order chi connectivity index (χ0) is 16.2. The number of primary amides is 1. The third-order valence-corrected chi connectivity index (χ3v) is 3.99. The van der Waals surface area contributed by atoms with E-state index in [-0.39, 0.29) is 0 Å². The molecule has 0 saturated heterocycles. The molecule has 0 radical (unpaired) electrons. The minimum atomic E-state index is -0.632. The van der Waals surface area contributed by atoms with Crippen molar-refractivity contribution in [3.05, 3.63) is 65.1 Å². The number of nitrogens with zero attached hydrogens (tertiary/aromatic N) is 2. The molecule has 2 amide bonds. The molecule has 0 atom stereocenters. The molecule has 0 aliphatic rings. The average Bonchev–Trinajstić information content (AvgIpc) is 3.05. The fraction of sp³-hybridized carbons (Fsp3) is 0. The quantitative estimate of drug-likeness (QED) is 0.738. The molecule has 0 spiro atoms. The van der Waals surface area contributed by atoms with E-state index in [0.29, 0.717) is 27.3 Å². The summed E-state index contributed by atoms with van der Waals surface area (Å²) in [4.78, 5) is 17.3. The van der Waals surface area contributed by atoms with Gasteiger partial charge in [-0.3, -0.25) is 0 Å². The molecule has 23 heavy (non-hydrogen) atoms. The van der Waals surface area contributed by atoms with Crippen LogP contribution in [0.4, 0.5) is 15.6 Å². The minimum absolute atomic E-state index is 0.477. The van der Waals surface area contributed by atoms with Crippen molar-refractivity contribution in [1.29, 1.82) is 0 Å². The molecule has 0 bridgehead atoms. The fourth-order valence-electron chi connectivity index (χ4n) is 2.00. The van der Waals surface area contributed by atoms with Crippen LogP contribution in [0.1, 0.15) is 0 Å². The first-order valence-corrected chi connectivity index (χ1v) is 7.92. The van der Waals surface area contributed by atoms with E-state index in [1.165, 1.54) is 16.2 Å². The predicted molar refractivity (Wildman–Crippen MR) is 91.8 cm³/mol. The summed E-state index contributed by atoms with van der Waals surface area (Å²) in [5.41, 5.74) is 6.04. The number of ether oxygens (including phenoxy) is 1. The van der Waals surface area contributed by atoms with E-state index in [4.69, 9.17) is 22.1 Å². The lowest BCUT2D eigenvalue weighted by atomic mass is 10.2. The van der Waals surface area contributed by atoms with Gasteiger partial charge in [0.1, 0.15) is 5.75 Å². The highest BCUT2D eigenvalue weighted by molar-refractivity contribution is 7.13. The largest absolute Gasteiger partial charge is 0.455 e. The molecule has 3 aromatic rings. The smallest absolute Gasteiger partial charge is 0.325 e. The minimum Gasteiger partial charge on any atom is -0.455 e. The van der Waals surface area contributed by atoms with Crippen LogP contribution in [0.25, 0.3) is 0 Å². The van der Waals surface area contributed by atoms with Gasteiger partial charge >= 0.3 is 6.03 Å². The van der Waals surface area contributed by atoms with Gasteiger partial charge in [-0.25, -0.2) is 14.7 Å². The number of para-hydroxylation sites is 2. The Balaban J connectivity index is 1.99. The maximum atomic E-state index is 11.9. The van der Waals surface area contributed by atoms with Crippen molar-refractivity contribution in [2.45, 2.75) is 0 Å². The molecule has 5 nitrogen and oxygen atoms in total. The summed E-state index contributed by atoms with van der Waals surface area (Å²) in [6, 6.07) is 13.4. The number of rotatable bonds is 4. The Morgan fingerprint density at radius 1 is 1.17 bits per heavy atom. The van der Waals surface area contributed by atoms with Crippen molar-refractivity contribution in [2.75, 3.05) is 4.90 Å². The number of anilines is 2. The maximum absolute atomic E-state index is 11.9. The molecule has 7 heteroatoms. The van der Waals surface area contributed by atoms with Gasteiger partial charge in [0.15, 0.2) is 10.9 Å². The van der Waals surface area contributed by atoms with Gasteiger partial charge in [-0.15, -0.1) is 11.3 Å². The number of urea groups is 1. The van der Waals surface area contributed by atoms with Crippen molar-refractivity contribution in [3.63, 3.8) is 0 Å². The molecule has 0 aliphatic heterocycles. The monoisotopic (exact) mass is 345 g/mol. The van der Waals surface area contributed by atoms with Crippen molar-refractivity contribution in [3.8, 4) is 11.5 Å². The number of halogens is 1. The number of carbonyl (C=O) groups is 1. The van der Waals surface area contributed by atoms with E-state index in [2.05, 4.69) is 4.98 Å². The third-order valence-electron chi connectivity index (χ3n) is 2.98. The molecular formula is C16H12ClN3O2S. The van der Waals surface area contributed by atoms with Crippen molar-refractivity contribution < 1.29 is 9.53 Å². The second kappa shape index (κ2) is 6.68. The third kappa shape index (κ3) is 3.44. The molecule has 2 N–H and O–H groups in total. The first kappa shape index (κ1) is 15.3. The van der Waals surface area contributed by atoms with Gasteiger partial charge in [-0.05, 0) is 36.4 Å². The lowest BCUT2D eigenvalue weighted by Gasteiger charge is -2.20. The van der Waals surface area contributed by atoms with Crippen LogP contribution in [0.2, 0.25) is 5.02 Å². The van der Waals surface area contributed by atoms with E-state index in [1.54, 1.807) is 54.0 Å². The maximum Gasteiger partial charge on any atom is 0.325 e. The molecule has 0 saturated carbocycles. The molecule has 0 unspecified atom stereocenters. The first-order valence-electron chi connectivity index (χ1n) is 6.66. The van der Waals surface area contributed by atoms with Gasteiger partial charge in [0, 0.05) is 16.6 Å². The van der Waals surface area contributed by atoms with Gasteiger partial charge in [0.05, 0.1) is 5.69 Å². The van der Waals surface area contributed by atoms with Crippen LogP contribution >= 0.6 is 22.9 Å². The van der Waals surface area contributed by atoms with Crippen molar-refractivity contribution in [2.24, 2.45) is 5.73 Å². The normalized spacial score (nSPS) is 10.3. The highest BCUT2D eigenvalue weighted by atomic mass is 35.5. The molecule has 0 fully saturated rings. The van der Waals surface area contributed by atoms with Crippen LogP contribution in [0.5, 0.6) is 11.5 Å². The Labute approximate surface area is 141 Å². The van der Waals surface area contributed by atoms with Crippen LogP contribution in [-0.2, 0) is 0 Å². The van der Waals surface area contributed by atoms with Gasteiger partial charge in [0.2, 0.25) is 0 Å². The number of hydrogen-bond donors (Lipinski definition) is 1. The van der Waals surface area contributed by atoms with Gasteiger partial charge in [0.25, 0.3) is 0 Å². The Morgan fingerprint density at radius 2 is 1.91 bits per heavy atom. The van der Waals surface area contributed by atoms with Crippen LogP contribution in [-0.4, -0.2) is 11.0 Å². The lowest BCUT2D eigenvalue weighted by molar-refractivity contribution is 0.256. The topological polar surface area (TPSA) is 68.5 Å². The number of amides is 2. The molecule has 0 aliphatic carbocycles. The second-order valence-electron chi connectivity index (χ2n) is 4.51. The average molecular weight is 346 g/mol. The summed E-state index contributed by atoms with van der Waals surface area (Å²) in [6.07, 6.45) is 1.61. The standard InChI is InChI=1S/C16H12ClN3O2S/c17-11-5-7-12(8-6-11)22-14-4-2-1-3-13(14)20(15(18)21)16-19-9-10-23-16/h1-10H,(H2,18,21). The summed E-state index contributed by atoms with van der Waals surface area (Å²) in [7, 11) is 0. The molecule has 3 rings (SSSR count). The molecule has 1 aromatic heterocycles. The van der Waals surface area contributed by atoms with E-state index in [1.807, 2.05) is 6.07 Å². The Morgan fingerprint density at radius 3 is 2.57 bits per heavy atom. The Kier molecular flexibility index (Phi) is 4.45. The first-order chi connectivity index (χ1) is 11.1. The zero-order valence-electron chi connectivity index (χ0n) is 11.8. The van der Waals surface area contributed by atoms with Crippen molar-refractivity contribution >= 4 is 39.8 Å². The number of hydrogen-bond acceptors (Lipinski definition) is 4. The summed E-state index contributed by atoms with van der Waals surface area (Å²) >= 11 is 7.19. The SMILES string of the molecule is NC(=O)N(c1nccs1)c1ccccc1Oc1ccc(Cl)cc1. The van der Waals surface area contributed by atoms with Crippen molar-refractivity contribution in [1.82, 2.24) is 4.98 Å². The van der Waals surface area contributed by atoms with Crippen LogP contribution in [0, 0.1) is 0 Å². The number of thiazole rings is 1. The van der Waals surface area contributed by atoms with Gasteiger partial charge < -0.3 is 10.5 Å². The summed E-state index contributed by atoms with van der Waals surface area (Å²) in [6.45, 7) is 0. The zero-order valence-corrected chi connectivity index (χ0v) is 13.4. The number of nitrogens with two attached hydrogens (primary N) is 1. The summed E-state index contributed by atoms with van der Waals surface area (Å²) in [5, 5.41) is 2.87. The van der Waals surface area contributed by atoms with E-state index in [9.17, 15) is 4.79 Å². The fourth-order valence-corrected chi connectivity index (χ4v) is 2.79. The Bertz CT molecular complexity index is 806. The molecule has 2 aromatic carbocycles. The summed E-state index contributed by atoms with van der Waals surface area (Å²) < 4.78 is 5.86. The molecule has 116 valence electrons. The highest BCUT2D eigenvalue weighted by Gasteiger charge is 2.21. The van der Waals surface area contributed by atoms with E-state index >= 15 is 0 Å². The van der Waals surface area contributed by atoms with Crippen LogP contribution < -0.4 is 15.4 Å². The number of aromatic nitrogens is 1. The van der Waals surface area contributed by atoms with Gasteiger partial charge in [-0.1, -0.05) is 23.7 Å². The van der Waals surface area contributed by atoms with E-state index < -0.39 is 6.03 Å². The summed E-state index contributed by atoms with van der Waals surface area (Å²) in [5.74, 6) is 1.09. The van der Waals surface area contributed by atoms with Gasteiger partial charge in [-0.2, -0.15) is 0 Å². The van der Waals surface area contributed by atoms with E-state index in [0.717, 1.165) is 0 Å². The second-order valence-corrected chi connectivity index (χ2v) is 5.82.